The Kier molecular flexibility index (Phi) is 7.33. The second-order valence-corrected chi connectivity index (χ2v) is 8.17. The summed E-state index contributed by atoms with van der Waals surface area (Å²) in [7, 11) is -3.32. The van der Waals surface area contributed by atoms with Gasteiger partial charge in [0.15, 0.2) is 0 Å². The zero-order chi connectivity index (χ0) is 19.2. The van der Waals surface area contributed by atoms with Crippen LogP contribution in [-0.4, -0.2) is 47.2 Å². The third-order valence-electron chi connectivity index (χ3n) is 3.73. The van der Waals surface area contributed by atoms with Crippen LogP contribution in [0.25, 0.3) is 0 Å². The molecular formula is C15H25N4O6P. The topological polar surface area (TPSA) is 135 Å². The van der Waals surface area contributed by atoms with Gasteiger partial charge in [-0.05, 0) is 19.4 Å². The van der Waals surface area contributed by atoms with Gasteiger partial charge in [0, 0.05) is 6.20 Å². The first kappa shape index (κ1) is 20.6. The van der Waals surface area contributed by atoms with Crippen molar-refractivity contribution in [1.29, 1.82) is 0 Å². The summed E-state index contributed by atoms with van der Waals surface area (Å²) in [6, 6.07) is 0.727. The molecule has 2 rings (SSSR count). The third kappa shape index (κ3) is 5.91. The van der Waals surface area contributed by atoms with Crippen molar-refractivity contribution >= 4 is 19.3 Å². The van der Waals surface area contributed by atoms with Crippen molar-refractivity contribution in [2.45, 2.75) is 45.4 Å². The number of rotatable bonds is 8. The number of unbranched alkanes of at least 4 members (excludes halogenated alkanes) is 1. The van der Waals surface area contributed by atoms with Crippen molar-refractivity contribution < 1.29 is 23.4 Å². The molecule has 10 nitrogen and oxygen atoms in total. The third-order valence-corrected chi connectivity index (χ3v) is 5.57. The first-order valence-corrected chi connectivity index (χ1v) is 10.3. The molecule has 3 N–H and O–H groups in total. The number of aromatic nitrogens is 2. The molecule has 146 valence electrons. The van der Waals surface area contributed by atoms with Crippen molar-refractivity contribution in [2.24, 2.45) is 0 Å². The Bertz CT molecular complexity index is 712. The van der Waals surface area contributed by atoms with E-state index in [-0.39, 0.29) is 25.3 Å². The van der Waals surface area contributed by atoms with E-state index < -0.39 is 31.3 Å². The van der Waals surface area contributed by atoms with Gasteiger partial charge in [-0.3, -0.25) is 13.9 Å². The minimum atomic E-state index is -3.32. The molecule has 1 fully saturated rings. The molecule has 0 amide bonds. The average Bonchev–Trinajstić information content (AvgIpc) is 2.59. The van der Waals surface area contributed by atoms with Crippen molar-refractivity contribution in [2.75, 3.05) is 25.3 Å². The maximum absolute atomic E-state index is 12.6. The molecule has 0 bridgehead atoms. The van der Waals surface area contributed by atoms with E-state index in [1.165, 1.54) is 16.8 Å². The number of esters is 1. The quantitative estimate of drug-likeness (QED) is 0.375. The van der Waals surface area contributed by atoms with Crippen LogP contribution >= 0.6 is 7.52 Å². The molecule has 0 aliphatic carbocycles. The number of carbonyl (C=O) groups is 1. The van der Waals surface area contributed by atoms with Gasteiger partial charge in [-0.2, -0.15) is 4.98 Å². The molecule has 0 saturated carbocycles. The lowest BCUT2D eigenvalue weighted by atomic mass is 10.3. The number of ether oxygens (including phenoxy) is 2. The summed E-state index contributed by atoms with van der Waals surface area (Å²) in [5.74, 6) is -0.348. The number of nitrogens with one attached hydrogen (secondary N) is 1. The highest BCUT2D eigenvalue weighted by Gasteiger charge is 2.35. The fourth-order valence-corrected chi connectivity index (χ4v) is 4.00. The van der Waals surface area contributed by atoms with Crippen molar-refractivity contribution in [3.63, 3.8) is 0 Å². The van der Waals surface area contributed by atoms with Gasteiger partial charge in [-0.1, -0.05) is 13.3 Å². The first-order valence-electron chi connectivity index (χ1n) is 8.45. The molecule has 26 heavy (non-hydrogen) atoms. The van der Waals surface area contributed by atoms with E-state index in [4.69, 9.17) is 19.7 Å². The maximum atomic E-state index is 12.6. The van der Waals surface area contributed by atoms with Gasteiger partial charge >= 0.3 is 11.7 Å². The predicted octanol–water partition coefficient (Wildman–Crippen LogP) is 0.713. The minimum Gasteiger partial charge on any atom is -0.465 e. The molecule has 1 saturated heterocycles. The Morgan fingerprint density at radius 2 is 2.38 bits per heavy atom. The van der Waals surface area contributed by atoms with Crippen LogP contribution < -0.4 is 16.5 Å². The van der Waals surface area contributed by atoms with Crippen molar-refractivity contribution in [3.05, 3.63) is 22.7 Å². The number of carbonyl (C=O) groups excluding carboxylic acids is 1. The Hall–Kier alpha value is -1.74. The van der Waals surface area contributed by atoms with Crippen molar-refractivity contribution in [1.82, 2.24) is 14.6 Å². The van der Waals surface area contributed by atoms with Crippen LogP contribution in [0.4, 0.5) is 5.82 Å². The normalized spacial score (nSPS) is 24.2. The molecule has 1 aromatic rings. The fraction of sp³-hybridized carbons (Fsp3) is 0.667. The van der Waals surface area contributed by atoms with Crippen LogP contribution in [0.2, 0.25) is 0 Å². The molecule has 2 heterocycles. The zero-order valence-corrected chi connectivity index (χ0v) is 15.8. The molecule has 0 radical (unpaired) electrons. The summed E-state index contributed by atoms with van der Waals surface area (Å²) in [6.45, 7) is 4.09. The van der Waals surface area contributed by atoms with Crippen LogP contribution in [0.3, 0.4) is 0 Å². The highest BCUT2D eigenvalue weighted by molar-refractivity contribution is 7.56. The molecule has 0 spiro atoms. The Morgan fingerprint density at radius 1 is 1.62 bits per heavy atom. The number of nitrogens with zero attached hydrogens (tertiary/aromatic N) is 2. The second-order valence-electron chi connectivity index (χ2n) is 6.05. The van der Waals surface area contributed by atoms with Crippen LogP contribution in [0.15, 0.2) is 17.1 Å². The van der Waals surface area contributed by atoms with Gasteiger partial charge in [-0.25, -0.2) is 9.88 Å². The summed E-state index contributed by atoms with van der Waals surface area (Å²) in [4.78, 5) is 27.2. The summed E-state index contributed by atoms with van der Waals surface area (Å²) in [6.07, 6.45) is 2.53. The smallest absolute Gasteiger partial charge is 0.349 e. The van der Waals surface area contributed by atoms with Crippen LogP contribution in [-0.2, 0) is 29.9 Å². The lowest BCUT2D eigenvalue weighted by molar-refractivity contribution is -0.145. The summed E-state index contributed by atoms with van der Waals surface area (Å²) in [5, 5.41) is 2.66. The van der Waals surface area contributed by atoms with Gasteiger partial charge < -0.3 is 19.7 Å². The predicted molar refractivity (Wildman–Crippen MR) is 94.7 cm³/mol. The Balaban J connectivity index is 1.83. The highest BCUT2D eigenvalue weighted by Crippen LogP contribution is 2.46. The van der Waals surface area contributed by atoms with E-state index in [1.54, 1.807) is 6.92 Å². The highest BCUT2D eigenvalue weighted by atomic mass is 31.2. The lowest BCUT2D eigenvalue weighted by Crippen LogP contribution is -2.40. The van der Waals surface area contributed by atoms with Crippen LogP contribution in [0.1, 0.15) is 26.7 Å². The molecule has 11 heteroatoms. The summed E-state index contributed by atoms with van der Waals surface area (Å²) in [5.41, 5.74) is 4.95. The van der Waals surface area contributed by atoms with Gasteiger partial charge in [0.05, 0.1) is 19.8 Å². The van der Waals surface area contributed by atoms with E-state index in [9.17, 15) is 14.2 Å². The van der Waals surface area contributed by atoms with E-state index in [1.807, 2.05) is 6.92 Å². The van der Waals surface area contributed by atoms with Crippen LogP contribution in [0.5, 0.6) is 0 Å². The maximum Gasteiger partial charge on any atom is 0.349 e. The molecule has 0 aromatic carbocycles. The zero-order valence-electron chi connectivity index (χ0n) is 14.9. The second kappa shape index (κ2) is 9.27. The number of hydrogen-bond donors (Lipinski definition) is 2. The fourth-order valence-electron chi connectivity index (χ4n) is 2.26. The number of nitrogen functional groups attached to an aromatic ring is 1. The van der Waals surface area contributed by atoms with Gasteiger partial charge in [0.1, 0.15) is 24.3 Å². The number of hydrogen-bond acceptors (Lipinski definition) is 8. The standard InChI is InChI=1S/C15H25N4O6P/c1-3-4-7-23-14(20)11(2)18-26(22)10-24-12(9-25-26)8-19-6-5-13(16)17-15(19)21/h5-6,11-12H,3-4,7-10H2,1-2H3,(H,18,22)(H2,16,17,21)/t11?,12-,26?/m0/s1. The monoisotopic (exact) mass is 388 g/mol. The van der Waals surface area contributed by atoms with Gasteiger partial charge in [0.2, 0.25) is 0 Å². The molecule has 1 aromatic heterocycles. The Labute approximate surface area is 151 Å². The average molecular weight is 388 g/mol. The van der Waals surface area contributed by atoms with E-state index in [2.05, 4.69) is 10.1 Å². The number of nitrogens with two attached hydrogens (primary N) is 1. The molecule has 1 aliphatic heterocycles. The largest absolute Gasteiger partial charge is 0.465 e. The van der Waals surface area contributed by atoms with E-state index in [0.717, 1.165) is 12.8 Å². The lowest BCUT2D eigenvalue weighted by Gasteiger charge is -2.31. The summed E-state index contributed by atoms with van der Waals surface area (Å²) >= 11 is 0. The first-order chi connectivity index (χ1) is 12.3. The molecule has 3 atom stereocenters. The van der Waals surface area contributed by atoms with E-state index >= 15 is 0 Å². The Morgan fingerprint density at radius 3 is 3.00 bits per heavy atom. The SMILES string of the molecule is CCCCOC(=O)C(C)NP1(=O)CO[C@@H](Cn2ccc(N)nc2=O)CO1. The van der Waals surface area contributed by atoms with Gasteiger partial charge in [0.25, 0.3) is 7.52 Å². The minimum absolute atomic E-state index is 0.0126. The number of anilines is 1. The summed E-state index contributed by atoms with van der Waals surface area (Å²) < 4.78 is 30.0. The van der Waals surface area contributed by atoms with E-state index in [0.29, 0.717) is 6.61 Å². The van der Waals surface area contributed by atoms with Crippen LogP contribution in [0, 0.1) is 0 Å². The van der Waals surface area contributed by atoms with Crippen molar-refractivity contribution in [3.8, 4) is 0 Å². The molecule has 2 unspecified atom stereocenters. The van der Waals surface area contributed by atoms with Gasteiger partial charge in [-0.15, -0.1) is 0 Å². The molecular weight excluding hydrogens is 363 g/mol. The molecule has 1 aliphatic rings.